The number of pyridine rings is 1. The fourth-order valence-corrected chi connectivity index (χ4v) is 4.47. The second-order valence-corrected chi connectivity index (χ2v) is 8.52. The van der Waals surface area contributed by atoms with E-state index in [0.29, 0.717) is 11.9 Å². The zero-order valence-electron chi connectivity index (χ0n) is 19.5. The average Bonchev–Trinajstić information content (AvgIpc) is 2.98. The van der Waals surface area contributed by atoms with Crippen molar-refractivity contribution in [3.05, 3.63) is 56.5 Å². The van der Waals surface area contributed by atoms with E-state index in [1.54, 1.807) is 12.7 Å². The second-order valence-electron chi connectivity index (χ2n) is 8.52. The monoisotopic (exact) mass is 610 g/mol. The van der Waals surface area contributed by atoms with Gasteiger partial charge in [-0.15, -0.1) is 5.56 Å². The van der Waals surface area contributed by atoms with Gasteiger partial charge in [0.25, 0.3) is 0 Å². The Morgan fingerprint density at radius 3 is 2.58 bits per heavy atom. The largest absolute Gasteiger partial charge is 2.00 e. The van der Waals surface area contributed by atoms with Gasteiger partial charge in [-0.05, 0) is 30.5 Å². The van der Waals surface area contributed by atoms with Crippen LogP contribution in [0, 0.1) is 13.6 Å². The van der Waals surface area contributed by atoms with Crippen molar-refractivity contribution in [1.29, 1.82) is 0 Å². The minimum absolute atomic E-state index is 0. The summed E-state index contributed by atoms with van der Waals surface area (Å²) in [6, 6.07) is 10.8. The molecule has 1 aliphatic rings. The summed E-state index contributed by atoms with van der Waals surface area (Å²) in [5.41, 5.74) is 3.90. The van der Waals surface area contributed by atoms with Crippen LogP contribution in [-0.2, 0) is 21.1 Å². The molecule has 33 heavy (non-hydrogen) atoms. The Morgan fingerprint density at radius 1 is 1.06 bits per heavy atom. The summed E-state index contributed by atoms with van der Waals surface area (Å²) in [6.45, 7) is 0. The molecule has 4 aromatic rings. The van der Waals surface area contributed by atoms with E-state index in [4.69, 9.17) is 4.98 Å². The number of fused-ring (bicyclic) bond motifs is 2. The fraction of sp³-hybridized carbons (Fsp3) is 0.346. The third kappa shape index (κ3) is 5.16. The van der Waals surface area contributed by atoms with Crippen LogP contribution in [0.4, 0.5) is 5.82 Å². The molecule has 3 heterocycles. The number of nitrogens with zero attached hydrogens (tertiary/aromatic N) is 6. The number of benzene rings is 1. The summed E-state index contributed by atoms with van der Waals surface area (Å²) in [7, 11) is 3.91. The van der Waals surface area contributed by atoms with Crippen LogP contribution in [0.15, 0.2) is 47.8 Å². The van der Waals surface area contributed by atoms with Gasteiger partial charge in [-0.25, -0.2) is 9.98 Å². The van der Waals surface area contributed by atoms with E-state index >= 15 is 0 Å². The van der Waals surface area contributed by atoms with Crippen molar-refractivity contribution in [3.63, 3.8) is 0 Å². The Morgan fingerprint density at radius 2 is 1.82 bits per heavy atom. The molecule has 170 valence electrons. The number of hydrogen-bond acceptors (Lipinski definition) is 4. The van der Waals surface area contributed by atoms with Crippen LogP contribution in [0.1, 0.15) is 44.6 Å². The molecule has 0 spiro atoms. The summed E-state index contributed by atoms with van der Waals surface area (Å²) >= 11 is 0. The van der Waals surface area contributed by atoms with Gasteiger partial charge in [0, 0.05) is 25.8 Å². The van der Waals surface area contributed by atoms with Gasteiger partial charge < -0.3 is 16.9 Å². The van der Waals surface area contributed by atoms with Gasteiger partial charge in [-0.2, -0.15) is 0 Å². The van der Waals surface area contributed by atoms with Gasteiger partial charge in [0.15, 0.2) is 0 Å². The van der Waals surface area contributed by atoms with E-state index in [-0.39, 0.29) is 28.5 Å². The zero-order chi connectivity index (χ0) is 21.2. The normalized spacial score (nSPS) is 14.7. The number of hydrogen-bond donors (Lipinski definition) is 0. The van der Waals surface area contributed by atoms with Crippen LogP contribution in [-0.4, -0.2) is 44.9 Å². The first kappa shape index (κ1) is 25.0. The van der Waals surface area contributed by atoms with E-state index in [0.717, 1.165) is 45.9 Å². The molecule has 1 fully saturated rings. The third-order valence-electron chi connectivity index (χ3n) is 6.00. The molecule has 0 N–H and O–H groups in total. The molecule has 3 aromatic heterocycles. The predicted molar refractivity (Wildman–Crippen MR) is 132 cm³/mol. The van der Waals surface area contributed by atoms with E-state index < -0.39 is 0 Å². The van der Waals surface area contributed by atoms with Crippen LogP contribution < -0.4 is 0 Å². The van der Waals surface area contributed by atoms with Crippen molar-refractivity contribution < 1.29 is 21.1 Å². The first-order valence-corrected chi connectivity index (χ1v) is 11.0. The Hall–Kier alpha value is -2.59. The van der Waals surface area contributed by atoms with Crippen molar-refractivity contribution in [2.45, 2.75) is 44.6 Å². The number of aliphatic imine (C=N–C) groups is 1. The minimum Gasteiger partial charge on any atom is -0.415 e. The maximum Gasteiger partial charge on any atom is 2.00 e. The topological polar surface area (TPSA) is 59.2 Å². The van der Waals surface area contributed by atoms with Crippen LogP contribution >= 0.6 is 0 Å². The summed E-state index contributed by atoms with van der Waals surface area (Å²) in [5.74, 6) is 0.672. The van der Waals surface area contributed by atoms with Crippen LogP contribution in [0.25, 0.3) is 33.1 Å². The van der Waals surface area contributed by atoms with Gasteiger partial charge in [-0.3, -0.25) is 9.97 Å². The molecule has 7 heteroatoms. The Kier molecular flexibility index (Phi) is 8.36. The maximum atomic E-state index is 4.70. The van der Waals surface area contributed by atoms with Crippen molar-refractivity contribution >= 4 is 34.1 Å². The molecule has 1 saturated carbocycles. The Bertz CT molecular complexity index is 1240. The van der Waals surface area contributed by atoms with E-state index in [2.05, 4.69) is 37.9 Å². The molecule has 0 saturated heterocycles. The quantitative estimate of drug-likeness (QED) is 0.123. The zero-order valence-corrected chi connectivity index (χ0v) is 22.5. The van der Waals surface area contributed by atoms with Gasteiger partial charge in [0.1, 0.15) is 12.1 Å². The molecule has 0 bridgehead atoms. The van der Waals surface area contributed by atoms with Crippen molar-refractivity contribution in [3.8, 4) is 11.1 Å². The fourth-order valence-electron chi connectivity index (χ4n) is 4.47. The third-order valence-corrected chi connectivity index (χ3v) is 6.00. The molecule has 1 aliphatic carbocycles. The molecule has 0 atom stereocenters. The molecular weight excluding hydrogens is 580 g/mol. The molecule has 0 amide bonds. The molecular formula is C26H30N6W. The van der Waals surface area contributed by atoms with Crippen molar-refractivity contribution in [2.24, 2.45) is 4.99 Å². The van der Waals surface area contributed by atoms with Gasteiger partial charge in [0.05, 0.1) is 11.9 Å². The summed E-state index contributed by atoms with van der Waals surface area (Å²) in [4.78, 5) is 20.5. The van der Waals surface area contributed by atoms with Crippen LogP contribution in [0.5, 0.6) is 0 Å². The van der Waals surface area contributed by atoms with Gasteiger partial charge in [-0.1, -0.05) is 67.1 Å². The Balaban J connectivity index is 0.00000153. The first-order chi connectivity index (χ1) is 15.2. The Labute approximate surface area is 210 Å². The summed E-state index contributed by atoms with van der Waals surface area (Å²) in [6.07, 6.45) is 16.5. The van der Waals surface area contributed by atoms with Crippen molar-refractivity contribution in [1.82, 2.24) is 24.4 Å². The van der Waals surface area contributed by atoms with E-state index in [1.165, 1.54) is 25.7 Å². The first-order valence-electron chi connectivity index (χ1n) is 11.0. The smallest absolute Gasteiger partial charge is 0.415 e. The molecule has 0 aliphatic heterocycles. The predicted octanol–water partition coefficient (Wildman–Crippen LogP) is 6.01. The number of para-hydroxylation sites is 1. The van der Waals surface area contributed by atoms with Gasteiger partial charge >= 0.3 is 21.1 Å². The van der Waals surface area contributed by atoms with Crippen LogP contribution in [0.3, 0.4) is 0 Å². The van der Waals surface area contributed by atoms with Crippen LogP contribution in [0.2, 0.25) is 0 Å². The summed E-state index contributed by atoms with van der Waals surface area (Å²) in [5, 5.41) is 2.06. The molecule has 6 nitrogen and oxygen atoms in total. The average molecular weight is 610 g/mol. The molecule has 0 radical (unpaired) electrons. The standard InChI is InChI=1S/C25H27N6.CH3.W/c1-30(2)17-29-24-23-21(19-13-18-9-7-8-12-22(18)26-14-19)15-31(25(23)28-16-27-24)20-10-5-3-4-6-11-20;;/h7-9,12-14,16-17,20H,3-6,10-11H2,1-2H3;1H3;/q2*-1;+2/b29-17+;;. The second kappa shape index (κ2) is 11.0. The van der Waals surface area contributed by atoms with E-state index in [9.17, 15) is 0 Å². The minimum atomic E-state index is 0. The maximum absolute atomic E-state index is 4.70. The SMILES string of the molecule is CN(C)/C=N/c1ncnc2c1c(-c1cnc3ccccc3c1)[c-]n2C1CCCCCC1.[CH3-].[W+2]. The molecule has 0 unspecified atom stereocenters. The summed E-state index contributed by atoms with van der Waals surface area (Å²) < 4.78 is 2.25. The molecule has 1 aromatic carbocycles. The van der Waals surface area contributed by atoms with Gasteiger partial charge in [0.2, 0.25) is 0 Å². The molecule has 5 rings (SSSR count). The van der Waals surface area contributed by atoms with Crippen molar-refractivity contribution in [2.75, 3.05) is 14.1 Å². The van der Waals surface area contributed by atoms with E-state index in [1.807, 2.05) is 43.4 Å². The number of rotatable bonds is 4. The number of aromatic nitrogens is 4.